The van der Waals surface area contributed by atoms with Crippen molar-refractivity contribution in [3.63, 3.8) is 0 Å². The van der Waals surface area contributed by atoms with Gasteiger partial charge in [-0.2, -0.15) is 0 Å². The van der Waals surface area contributed by atoms with Crippen molar-refractivity contribution in [1.82, 2.24) is 0 Å². The van der Waals surface area contributed by atoms with Crippen molar-refractivity contribution >= 4 is 6.21 Å². The van der Waals surface area contributed by atoms with Crippen LogP contribution in [-0.2, 0) is 0 Å². The number of hydrogen-bond acceptors (Lipinski definition) is 1. The Morgan fingerprint density at radius 2 is 1.93 bits per heavy atom. The van der Waals surface area contributed by atoms with Gasteiger partial charge in [0.2, 0.25) is 0 Å². The largest absolute Gasteiger partial charge is 0.289 e. The average molecular weight is 185 g/mol. The average Bonchev–Trinajstić information content (AvgIpc) is 2.29. The van der Waals surface area contributed by atoms with Gasteiger partial charge in [0.15, 0.2) is 0 Å². The SMILES string of the molecule is C1=N[C@@H]2CCCCC2c2ccccc21. The van der Waals surface area contributed by atoms with Crippen LogP contribution >= 0.6 is 0 Å². The second-order valence-corrected chi connectivity index (χ2v) is 4.37. The minimum absolute atomic E-state index is 0.582. The first-order valence-corrected chi connectivity index (χ1v) is 5.57. The van der Waals surface area contributed by atoms with Gasteiger partial charge >= 0.3 is 0 Å². The first kappa shape index (κ1) is 8.22. The molecule has 1 heteroatoms. The van der Waals surface area contributed by atoms with Gasteiger partial charge in [0.1, 0.15) is 0 Å². The Bertz CT molecular complexity index is 367. The van der Waals surface area contributed by atoms with Crippen LogP contribution in [0, 0.1) is 0 Å². The minimum atomic E-state index is 0.582. The Labute approximate surface area is 84.9 Å². The fourth-order valence-electron chi connectivity index (χ4n) is 2.79. The topological polar surface area (TPSA) is 12.4 Å². The molecule has 1 aromatic carbocycles. The molecule has 0 amide bonds. The van der Waals surface area contributed by atoms with Gasteiger partial charge in [-0.15, -0.1) is 0 Å². The maximum absolute atomic E-state index is 4.67. The molecule has 1 nitrogen and oxygen atoms in total. The Morgan fingerprint density at radius 3 is 2.93 bits per heavy atom. The Kier molecular flexibility index (Phi) is 1.90. The zero-order chi connectivity index (χ0) is 9.38. The molecular formula is C13H15N. The molecule has 0 N–H and O–H groups in total. The molecule has 72 valence electrons. The summed E-state index contributed by atoms with van der Waals surface area (Å²) < 4.78 is 0. The maximum Gasteiger partial charge on any atom is 0.0568 e. The molecule has 0 bridgehead atoms. The van der Waals surface area contributed by atoms with Crippen LogP contribution < -0.4 is 0 Å². The molecular weight excluding hydrogens is 170 g/mol. The second kappa shape index (κ2) is 3.23. The van der Waals surface area contributed by atoms with Crippen molar-refractivity contribution in [2.45, 2.75) is 37.6 Å². The lowest BCUT2D eigenvalue weighted by molar-refractivity contribution is 0.384. The van der Waals surface area contributed by atoms with Gasteiger partial charge in [0.25, 0.3) is 0 Å². The second-order valence-electron chi connectivity index (χ2n) is 4.37. The molecule has 2 atom stereocenters. The summed E-state index contributed by atoms with van der Waals surface area (Å²) in [5.74, 6) is 0.713. The molecule has 1 aromatic rings. The highest BCUT2D eigenvalue weighted by Crippen LogP contribution is 2.38. The smallest absolute Gasteiger partial charge is 0.0568 e. The summed E-state index contributed by atoms with van der Waals surface area (Å²) in [6.45, 7) is 0. The molecule has 0 aromatic heterocycles. The van der Waals surface area contributed by atoms with Crippen LogP contribution in [0.25, 0.3) is 0 Å². The monoisotopic (exact) mass is 185 g/mol. The van der Waals surface area contributed by atoms with E-state index in [9.17, 15) is 0 Å². The molecule has 0 saturated heterocycles. The lowest BCUT2D eigenvalue weighted by atomic mass is 9.77. The summed E-state index contributed by atoms with van der Waals surface area (Å²) in [5, 5.41) is 0. The summed E-state index contributed by atoms with van der Waals surface area (Å²) in [7, 11) is 0. The number of aliphatic imine (C=N–C) groups is 1. The van der Waals surface area contributed by atoms with E-state index in [0.29, 0.717) is 12.0 Å². The van der Waals surface area contributed by atoms with Crippen LogP contribution in [0.15, 0.2) is 29.3 Å². The standard InChI is InChI=1S/C13H15N/c1-2-6-11-10(5-1)9-14-13-8-4-3-7-12(11)13/h1-2,5-6,9,12-13H,3-4,7-8H2/t12?,13-/m1/s1. The van der Waals surface area contributed by atoms with Crippen molar-refractivity contribution in [3.05, 3.63) is 35.4 Å². The third-order valence-corrected chi connectivity index (χ3v) is 3.53. The highest BCUT2D eigenvalue weighted by molar-refractivity contribution is 5.83. The highest BCUT2D eigenvalue weighted by Gasteiger charge is 2.29. The van der Waals surface area contributed by atoms with Gasteiger partial charge < -0.3 is 0 Å². The van der Waals surface area contributed by atoms with Crippen LogP contribution in [0.5, 0.6) is 0 Å². The summed E-state index contributed by atoms with van der Waals surface area (Å²) >= 11 is 0. The molecule has 1 saturated carbocycles. The van der Waals surface area contributed by atoms with Crippen LogP contribution in [0.4, 0.5) is 0 Å². The molecule has 14 heavy (non-hydrogen) atoms. The van der Waals surface area contributed by atoms with Crippen molar-refractivity contribution in [1.29, 1.82) is 0 Å². The van der Waals surface area contributed by atoms with E-state index in [-0.39, 0.29) is 0 Å². The van der Waals surface area contributed by atoms with Gasteiger partial charge in [-0.3, -0.25) is 4.99 Å². The molecule has 2 aliphatic rings. The van der Waals surface area contributed by atoms with E-state index in [1.54, 1.807) is 0 Å². The summed E-state index contributed by atoms with van der Waals surface area (Å²) in [4.78, 5) is 4.67. The Morgan fingerprint density at radius 1 is 1.07 bits per heavy atom. The molecule has 1 fully saturated rings. The van der Waals surface area contributed by atoms with E-state index >= 15 is 0 Å². The van der Waals surface area contributed by atoms with Crippen LogP contribution in [-0.4, -0.2) is 12.3 Å². The summed E-state index contributed by atoms with van der Waals surface area (Å²) in [6.07, 6.45) is 7.43. The maximum atomic E-state index is 4.67. The summed E-state index contributed by atoms with van der Waals surface area (Å²) in [6, 6.07) is 9.31. The van der Waals surface area contributed by atoms with E-state index < -0.39 is 0 Å². The third-order valence-electron chi connectivity index (χ3n) is 3.53. The molecule has 1 aliphatic heterocycles. The van der Waals surface area contributed by atoms with Gasteiger partial charge in [0, 0.05) is 12.1 Å². The van der Waals surface area contributed by atoms with Crippen LogP contribution in [0.3, 0.4) is 0 Å². The van der Waals surface area contributed by atoms with Crippen molar-refractivity contribution in [3.8, 4) is 0 Å². The van der Waals surface area contributed by atoms with E-state index in [1.165, 1.54) is 36.8 Å². The van der Waals surface area contributed by atoms with Crippen LogP contribution in [0.1, 0.15) is 42.7 Å². The fourth-order valence-corrected chi connectivity index (χ4v) is 2.79. The lowest BCUT2D eigenvalue weighted by Gasteiger charge is -2.32. The Hall–Kier alpha value is -1.11. The molecule has 3 rings (SSSR count). The fraction of sp³-hybridized carbons (Fsp3) is 0.462. The lowest BCUT2D eigenvalue weighted by Crippen LogP contribution is -2.25. The molecule has 0 spiro atoms. The zero-order valence-electron chi connectivity index (χ0n) is 8.32. The van der Waals surface area contributed by atoms with Gasteiger partial charge in [0.05, 0.1) is 6.04 Å². The van der Waals surface area contributed by atoms with E-state index in [2.05, 4.69) is 35.5 Å². The molecule has 1 heterocycles. The number of benzene rings is 1. The van der Waals surface area contributed by atoms with Crippen LogP contribution in [0.2, 0.25) is 0 Å². The van der Waals surface area contributed by atoms with E-state index in [0.717, 1.165) is 0 Å². The van der Waals surface area contributed by atoms with E-state index in [1.807, 2.05) is 0 Å². The quantitative estimate of drug-likeness (QED) is 0.588. The number of fused-ring (bicyclic) bond motifs is 3. The molecule has 1 aliphatic carbocycles. The van der Waals surface area contributed by atoms with Crippen molar-refractivity contribution in [2.75, 3.05) is 0 Å². The predicted octanol–water partition coefficient (Wildman–Crippen LogP) is 3.15. The number of rotatable bonds is 0. The first-order chi connectivity index (χ1) is 6.95. The number of nitrogens with zero attached hydrogens (tertiary/aromatic N) is 1. The van der Waals surface area contributed by atoms with Crippen molar-refractivity contribution in [2.24, 2.45) is 4.99 Å². The zero-order valence-corrected chi connectivity index (χ0v) is 8.32. The van der Waals surface area contributed by atoms with Gasteiger partial charge in [-0.1, -0.05) is 37.1 Å². The predicted molar refractivity (Wildman–Crippen MR) is 59.0 cm³/mol. The van der Waals surface area contributed by atoms with Crippen molar-refractivity contribution < 1.29 is 0 Å². The minimum Gasteiger partial charge on any atom is -0.289 e. The van der Waals surface area contributed by atoms with Gasteiger partial charge in [-0.05, 0) is 24.0 Å². The normalized spacial score (nSPS) is 29.4. The highest BCUT2D eigenvalue weighted by atomic mass is 14.8. The Balaban J connectivity index is 2.05. The third kappa shape index (κ3) is 1.19. The molecule has 0 radical (unpaired) electrons. The summed E-state index contributed by atoms with van der Waals surface area (Å²) in [5.41, 5.74) is 2.88. The van der Waals surface area contributed by atoms with Gasteiger partial charge in [-0.25, -0.2) is 0 Å². The number of hydrogen-bond donors (Lipinski definition) is 0. The van der Waals surface area contributed by atoms with E-state index in [4.69, 9.17) is 0 Å². The molecule has 1 unspecified atom stereocenters. The first-order valence-electron chi connectivity index (χ1n) is 5.57.